The highest BCUT2D eigenvalue weighted by atomic mass is 19.3. The van der Waals surface area contributed by atoms with Gasteiger partial charge in [0.15, 0.2) is 5.82 Å². The van der Waals surface area contributed by atoms with Gasteiger partial charge in [-0.1, -0.05) is 18.2 Å². The number of benzene rings is 1. The van der Waals surface area contributed by atoms with Crippen LogP contribution in [0.25, 0.3) is 22.3 Å². The quantitative estimate of drug-likeness (QED) is 0.365. The molecule has 0 radical (unpaired) electrons. The molecule has 4 aromatic heterocycles. The molecule has 1 atom stereocenters. The number of anilines is 2. The number of nitrogen functional groups attached to an aromatic ring is 1. The molecule has 36 heavy (non-hydrogen) atoms. The second kappa shape index (κ2) is 9.17. The molecule has 0 aliphatic heterocycles. The maximum absolute atomic E-state index is 13.6. The van der Waals surface area contributed by atoms with Gasteiger partial charge >= 0.3 is 0 Å². The topological polar surface area (TPSA) is 116 Å². The average Bonchev–Trinajstić information content (AvgIpc) is 3.25. The molecular formula is C25H22F2N8O. The maximum atomic E-state index is 13.6. The summed E-state index contributed by atoms with van der Waals surface area (Å²) in [7, 11) is 0. The highest BCUT2D eigenvalue weighted by Crippen LogP contribution is 2.34. The van der Waals surface area contributed by atoms with Crippen molar-refractivity contribution >= 4 is 17.2 Å². The van der Waals surface area contributed by atoms with E-state index in [9.17, 15) is 13.6 Å². The first kappa shape index (κ1) is 23.1. The number of halogens is 2. The van der Waals surface area contributed by atoms with Crippen molar-refractivity contribution in [3.05, 3.63) is 94.7 Å². The first-order valence-electron chi connectivity index (χ1n) is 11.1. The van der Waals surface area contributed by atoms with Gasteiger partial charge in [-0.3, -0.25) is 14.3 Å². The molecule has 1 unspecified atom stereocenters. The number of aromatic nitrogens is 6. The minimum absolute atomic E-state index is 0.0952. The third-order valence-electron chi connectivity index (χ3n) is 5.84. The minimum atomic E-state index is -2.69. The number of rotatable bonds is 6. The lowest BCUT2D eigenvalue weighted by Gasteiger charge is -2.21. The first-order valence-corrected chi connectivity index (χ1v) is 11.1. The standard InChI is InChI=1S/C25H22F2N8O/c1-14-8-9-34-20(14)25(36)35(18-6-4-3-5-7-18)24(33-34)15(2)32-23-19(22(28)30-13-31-23)16-10-17(21(26)27)12-29-11-16/h3-13,15,21H,1-2H3,(H3,28,30,31,32). The molecule has 5 aromatic rings. The molecule has 1 aromatic carbocycles. The Morgan fingerprint density at radius 2 is 1.86 bits per heavy atom. The Hall–Kier alpha value is -4.67. The third-order valence-corrected chi connectivity index (χ3v) is 5.84. The van der Waals surface area contributed by atoms with E-state index in [4.69, 9.17) is 10.8 Å². The molecule has 182 valence electrons. The van der Waals surface area contributed by atoms with Crippen LogP contribution in [-0.2, 0) is 0 Å². The molecule has 4 heterocycles. The Labute approximate surface area is 204 Å². The first-order chi connectivity index (χ1) is 17.3. The van der Waals surface area contributed by atoms with Crippen LogP contribution in [0.2, 0.25) is 0 Å². The van der Waals surface area contributed by atoms with Gasteiger partial charge in [-0.05, 0) is 43.7 Å². The van der Waals surface area contributed by atoms with Gasteiger partial charge in [0.2, 0.25) is 0 Å². The Balaban J connectivity index is 1.64. The lowest BCUT2D eigenvalue weighted by Crippen LogP contribution is -2.29. The summed E-state index contributed by atoms with van der Waals surface area (Å²) in [6.45, 7) is 3.67. The average molecular weight is 489 g/mol. The summed E-state index contributed by atoms with van der Waals surface area (Å²) in [6.07, 6.45) is 2.83. The van der Waals surface area contributed by atoms with Gasteiger partial charge in [0.1, 0.15) is 23.5 Å². The summed E-state index contributed by atoms with van der Waals surface area (Å²) in [6, 6.07) is 11.8. The lowest BCUT2D eigenvalue weighted by molar-refractivity contribution is 0.151. The van der Waals surface area contributed by atoms with Gasteiger partial charge in [0.25, 0.3) is 12.0 Å². The predicted molar refractivity (Wildman–Crippen MR) is 132 cm³/mol. The molecule has 5 rings (SSSR count). The predicted octanol–water partition coefficient (Wildman–Crippen LogP) is 4.34. The largest absolute Gasteiger partial charge is 0.383 e. The van der Waals surface area contributed by atoms with E-state index >= 15 is 0 Å². The van der Waals surface area contributed by atoms with Crippen LogP contribution in [-0.4, -0.2) is 29.1 Å². The second-order valence-electron chi connectivity index (χ2n) is 8.28. The van der Waals surface area contributed by atoms with E-state index < -0.39 is 12.5 Å². The molecule has 0 amide bonds. The number of pyridine rings is 1. The summed E-state index contributed by atoms with van der Waals surface area (Å²) in [4.78, 5) is 25.8. The van der Waals surface area contributed by atoms with Crippen molar-refractivity contribution in [2.24, 2.45) is 0 Å². The van der Waals surface area contributed by atoms with Crippen molar-refractivity contribution in [3.8, 4) is 16.8 Å². The monoisotopic (exact) mass is 488 g/mol. The minimum Gasteiger partial charge on any atom is -0.383 e. The van der Waals surface area contributed by atoms with Crippen LogP contribution in [0.1, 0.15) is 36.3 Å². The van der Waals surface area contributed by atoms with E-state index in [2.05, 4.69) is 20.3 Å². The number of nitrogens with two attached hydrogens (primary N) is 1. The normalized spacial score (nSPS) is 12.2. The Bertz CT molecular complexity index is 1610. The van der Waals surface area contributed by atoms with Crippen molar-refractivity contribution in [1.29, 1.82) is 0 Å². The fraction of sp³-hybridized carbons (Fsp3) is 0.160. The van der Waals surface area contributed by atoms with Crippen LogP contribution < -0.4 is 16.6 Å². The van der Waals surface area contributed by atoms with Crippen molar-refractivity contribution in [1.82, 2.24) is 29.1 Å². The molecule has 0 fully saturated rings. The number of hydrogen-bond donors (Lipinski definition) is 2. The smallest absolute Gasteiger partial charge is 0.282 e. The zero-order chi connectivity index (χ0) is 25.4. The highest BCUT2D eigenvalue weighted by molar-refractivity contribution is 5.83. The van der Waals surface area contributed by atoms with Gasteiger partial charge in [0, 0.05) is 29.7 Å². The Morgan fingerprint density at radius 1 is 1.08 bits per heavy atom. The number of alkyl halides is 2. The van der Waals surface area contributed by atoms with Crippen LogP contribution in [0.5, 0.6) is 0 Å². The van der Waals surface area contributed by atoms with Crippen LogP contribution in [0.4, 0.5) is 20.4 Å². The summed E-state index contributed by atoms with van der Waals surface area (Å²) in [5.74, 6) is 0.801. The highest BCUT2D eigenvalue weighted by Gasteiger charge is 2.22. The van der Waals surface area contributed by atoms with E-state index in [0.29, 0.717) is 34.0 Å². The maximum Gasteiger partial charge on any atom is 0.282 e. The summed E-state index contributed by atoms with van der Waals surface area (Å²) >= 11 is 0. The number of para-hydroxylation sites is 1. The summed E-state index contributed by atoms with van der Waals surface area (Å²) in [5.41, 5.74) is 8.25. The van der Waals surface area contributed by atoms with Crippen LogP contribution in [0, 0.1) is 6.92 Å². The van der Waals surface area contributed by atoms with E-state index in [1.54, 1.807) is 15.3 Å². The van der Waals surface area contributed by atoms with Crippen LogP contribution in [0.3, 0.4) is 0 Å². The lowest BCUT2D eigenvalue weighted by atomic mass is 10.1. The molecule has 3 N–H and O–H groups in total. The molecule has 0 saturated heterocycles. The van der Waals surface area contributed by atoms with Gasteiger partial charge in [-0.2, -0.15) is 5.10 Å². The number of aryl methyl sites for hydroxylation is 1. The van der Waals surface area contributed by atoms with Gasteiger partial charge in [0.05, 0.1) is 17.3 Å². The molecule has 9 nitrogen and oxygen atoms in total. The molecule has 0 bridgehead atoms. The van der Waals surface area contributed by atoms with Gasteiger partial charge in [-0.15, -0.1) is 0 Å². The fourth-order valence-electron chi connectivity index (χ4n) is 4.12. The third kappa shape index (κ3) is 4.04. The van der Waals surface area contributed by atoms with E-state index in [1.165, 1.54) is 18.6 Å². The molecule has 0 aliphatic rings. The van der Waals surface area contributed by atoms with E-state index in [0.717, 1.165) is 11.8 Å². The molecule has 0 spiro atoms. The van der Waals surface area contributed by atoms with E-state index in [1.807, 2.05) is 50.2 Å². The zero-order valence-corrected chi connectivity index (χ0v) is 19.4. The number of nitrogens with one attached hydrogen (secondary N) is 1. The fourth-order valence-corrected chi connectivity index (χ4v) is 4.12. The molecule has 11 heteroatoms. The summed E-state index contributed by atoms with van der Waals surface area (Å²) < 4.78 is 29.7. The summed E-state index contributed by atoms with van der Waals surface area (Å²) in [5, 5.41) is 7.96. The van der Waals surface area contributed by atoms with Crippen LogP contribution in [0.15, 0.2) is 72.2 Å². The van der Waals surface area contributed by atoms with Crippen molar-refractivity contribution < 1.29 is 8.78 Å². The SMILES string of the molecule is Cc1ccn2nc(C(C)Nc3ncnc(N)c3-c3cncc(C(F)F)c3)n(-c3ccccc3)c(=O)c12. The zero-order valence-electron chi connectivity index (χ0n) is 19.4. The number of fused-ring (bicyclic) bond motifs is 1. The Kier molecular flexibility index (Phi) is 5.88. The van der Waals surface area contributed by atoms with Crippen molar-refractivity contribution in [2.45, 2.75) is 26.3 Å². The number of nitrogens with zero attached hydrogens (tertiary/aromatic N) is 6. The molecular weight excluding hydrogens is 466 g/mol. The van der Waals surface area contributed by atoms with Crippen molar-refractivity contribution in [2.75, 3.05) is 11.1 Å². The molecule has 0 aliphatic carbocycles. The van der Waals surface area contributed by atoms with Crippen LogP contribution >= 0.6 is 0 Å². The van der Waals surface area contributed by atoms with Crippen molar-refractivity contribution in [3.63, 3.8) is 0 Å². The second-order valence-corrected chi connectivity index (χ2v) is 8.28. The van der Waals surface area contributed by atoms with Gasteiger partial charge in [-0.25, -0.2) is 23.3 Å². The van der Waals surface area contributed by atoms with E-state index in [-0.39, 0.29) is 16.9 Å². The Morgan fingerprint density at radius 3 is 2.61 bits per heavy atom. The number of hydrogen-bond acceptors (Lipinski definition) is 7. The van der Waals surface area contributed by atoms with Gasteiger partial charge < -0.3 is 11.1 Å². The molecule has 0 saturated carbocycles.